The van der Waals surface area contributed by atoms with E-state index in [-0.39, 0.29) is 0 Å². The Morgan fingerprint density at radius 1 is 1.23 bits per heavy atom. The summed E-state index contributed by atoms with van der Waals surface area (Å²) in [4.78, 5) is 8.48. The van der Waals surface area contributed by atoms with Gasteiger partial charge in [0.05, 0.1) is 29.9 Å². The van der Waals surface area contributed by atoms with E-state index in [1.807, 2.05) is 12.1 Å². The highest BCUT2D eigenvalue weighted by molar-refractivity contribution is 5.94. The second kappa shape index (κ2) is 5.58. The number of nitrogens with two attached hydrogens (primary N) is 1. The number of nitrogens with one attached hydrogen (secondary N) is 1. The first-order valence-electron chi connectivity index (χ1n) is 6.56. The summed E-state index contributed by atoms with van der Waals surface area (Å²) in [5.74, 6) is 1.19. The summed E-state index contributed by atoms with van der Waals surface area (Å²) in [6.45, 7) is 0. The molecule has 1 aromatic heterocycles. The molecule has 0 radical (unpaired) electrons. The highest BCUT2D eigenvalue weighted by atomic mass is 16.5. The molecule has 3 aromatic rings. The number of rotatable bonds is 3. The number of hydrogen-bond donors (Lipinski definition) is 2. The van der Waals surface area contributed by atoms with Gasteiger partial charge in [0, 0.05) is 17.1 Å². The van der Waals surface area contributed by atoms with Crippen LogP contribution in [0.15, 0.2) is 42.7 Å². The Labute approximate surface area is 127 Å². The minimum absolute atomic E-state index is 0.513. The van der Waals surface area contributed by atoms with E-state index in [0.717, 1.165) is 16.6 Å². The van der Waals surface area contributed by atoms with Crippen molar-refractivity contribution in [3.05, 3.63) is 48.3 Å². The first-order valence-corrected chi connectivity index (χ1v) is 6.56. The molecule has 0 saturated carbocycles. The van der Waals surface area contributed by atoms with Crippen LogP contribution in [0.4, 0.5) is 17.2 Å². The second-order valence-electron chi connectivity index (χ2n) is 4.65. The Morgan fingerprint density at radius 2 is 2.09 bits per heavy atom. The van der Waals surface area contributed by atoms with Crippen molar-refractivity contribution in [1.29, 1.82) is 5.26 Å². The summed E-state index contributed by atoms with van der Waals surface area (Å²) in [6, 6.07) is 12.8. The van der Waals surface area contributed by atoms with E-state index in [9.17, 15) is 0 Å². The lowest BCUT2D eigenvalue weighted by Gasteiger charge is -2.11. The molecule has 108 valence electrons. The van der Waals surface area contributed by atoms with Crippen LogP contribution in [0, 0.1) is 11.3 Å². The predicted octanol–water partition coefficient (Wildman–Crippen LogP) is 2.84. The minimum atomic E-state index is 0.513. The average molecular weight is 291 g/mol. The maximum atomic E-state index is 8.96. The molecule has 1 heterocycles. The quantitative estimate of drug-likeness (QED) is 0.720. The fourth-order valence-corrected chi connectivity index (χ4v) is 2.18. The molecule has 2 aromatic carbocycles. The number of methoxy groups -OCH3 is 1. The van der Waals surface area contributed by atoms with Crippen LogP contribution in [0.3, 0.4) is 0 Å². The van der Waals surface area contributed by atoms with E-state index >= 15 is 0 Å². The molecule has 0 bridgehead atoms. The lowest BCUT2D eigenvalue weighted by molar-refractivity contribution is 0.417. The summed E-state index contributed by atoms with van der Waals surface area (Å²) in [7, 11) is 1.56. The number of nitrogen functional groups attached to an aromatic ring is 1. The van der Waals surface area contributed by atoms with Gasteiger partial charge in [0.2, 0.25) is 0 Å². The molecule has 6 nitrogen and oxygen atoms in total. The molecule has 0 aliphatic carbocycles. The number of anilines is 3. The van der Waals surface area contributed by atoms with Crippen molar-refractivity contribution in [2.45, 2.75) is 0 Å². The van der Waals surface area contributed by atoms with Gasteiger partial charge in [-0.3, -0.25) is 0 Å². The van der Waals surface area contributed by atoms with Gasteiger partial charge in [-0.2, -0.15) is 5.26 Å². The summed E-state index contributed by atoms with van der Waals surface area (Å²) in [5, 5.41) is 12.9. The molecular formula is C16H13N5O. The molecular weight excluding hydrogens is 278 g/mol. The molecule has 0 spiro atoms. The van der Waals surface area contributed by atoms with Gasteiger partial charge in [-0.25, -0.2) is 9.97 Å². The highest BCUT2D eigenvalue weighted by Gasteiger charge is 2.09. The Morgan fingerprint density at radius 3 is 2.86 bits per heavy atom. The van der Waals surface area contributed by atoms with E-state index in [1.165, 1.54) is 6.33 Å². The van der Waals surface area contributed by atoms with Crippen LogP contribution in [-0.4, -0.2) is 17.1 Å². The monoisotopic (exact) mass is 291 g/mol. The summed E-state index contributed by atoms with van der Waals surface area (Å²) < 4.78 is 5.20. The van der Waals surface area contributed by atoms with Crippen LogP contribution in [0.2, 0.25) is 0 Å². The molecule has 3 N–H and O–H groups in total. The fraction of sp³-hybridized carbons (Fsp3) is 0.0625. The van der Waals surface area contributed by atoms with E-state index in [1.54, 1.807) is 31.4 Å². The number of benzene rings is 2. The maximum Gasteiger partial charge on any atom is 0.143 e. The Bertz CT molecular complexity index is 885. The van der Waals surface area contributed by atoms with E-state index in [2.05, 4.69) is 21.4 Å². The zero-order chi connectivity index (χ0) is 15.5. The molecule has 3 rings (SSSR count). The van der Waals surface area contributed by atoms with E-state index < -0.39 is 0 Å². The molecule has 22 heavy (non-hydrogen) atoms. The summed E-state index contributed by atoms with van der Waals surface area (Å²) in [5.41, 5.74) is 8.53. The largest absolute Gasteiger partial charge is 0.495 e. The van der Waals surface area contributed by atoms with Crippen LogP contribution < -0.4 is 15.8 Å². The lowest BCUT2D eigenvalue weighted by Crippen LogP contribution is -1.98. The van der Waals surface area contributed by atoms with Gasteiger partial charge < -0.3 is 15.8 Å². The molecule has 0 atom stereocenters. The van der Waals surface area contributed by atoms with Crippen LogP contribution in [0.1, 0.15) is 5.56 Å². The molecule has 0 aliphatic heterocycles. The van der Waals surface area contributed by atoms with Gasteiger partial charge in [0.1, 0.15) is 17.9 Å². The number of fused-ring (bicyclic) bond motifs is 1. The van der Waals surface area contributed by atoms with Crippen molar-refractivity contribution >= 4 is 28.1 Å². The third-order valence-electron chi connectivity index (χ3n) is 3.24. The Kier molecular flexibility index (Phi) is 3.46. The number of aromatic nitrogens is 2. The van der Waals surface area contributed by atoms with E-state index in [0.29, 0.717) is 22.8 Å². The van der Waals surface area contributed by atoms with Crippen molar-refractivity contribution in [3.8, 4) is 11.8 Å². The molecule has 0 fully saturated rings. The van der Waals surface area contributed by atoms with Gasteiger partial charge in [-0.1, -0.05) is 6.07 Å². The second-order valence-corrected chi connectivity index (χ2v) is 4.65. The molecule has 0 saturated heterocycles. The van der Waals surface area contributed by atoms with Gasteiger partial charge in [0.25, 0.3) is 0 Å². The van der Waals surface area contributed by atoms with Crippen LogP contribution >= 0.6 is 0 Å². The lowest BCUT2D eigenvalue weighted by atomic mass is 10.2. The minimum Gasteiger partial charge on any atom is -0.495 e. The van der Waals surface area contributed by atoms with Crippen LogP contribution in [0.5, 0.6) is 5.75 Å². The van der Waals surface area contributed by atoms with Crippen molar-refractivity contribution in [2.75, 3.05) is 18.2 Å². The third-order valence-corrected chi connectivity index (χ3v) is 3.24. The highest BCUT2D eigenvalue weighted by Crippen LogP contribution is 2.31. The van der Waals surface area contributed by atoms with Gasteiger partial charge in [0.15, 0.2) is 0 Å². The number of ether oxygens (including phenoxy) is 1. The topological polar surface area (TPSA) is 96.9 Å². The SMILES string of the molecule is COc1cc2ncnc(Nc3cccc(C#N)c3)c2cc1N. The van der Waals surface area contributed by atoms with Crippen molar-refractivity contribution in [2.24, 2.45) is 0 Å². The third kappa shape index (κ3) is 2.47. The zero-order valence-corrected chi connectivity index (χ0v) is 11.9. The number of nitriles is 1. The fourth-order valence-electron chi connectivity index (χ4n) is 2.18. The van der Waals surface area contributed by atoms with Crippen LogP contribution in [-0.2, 0) is 0 Å². The zero-order valence-electron chi connectivity index (χ0n) is 11.9. The van der Waals surface area contributed by atoms with Gasteiger partial charge in [-0.15, -0.1) is 0 Å². The van der Waals surface area contributed by atoms with Crippen molar-refractivity contribution in [1.82, 2.24) is 9.97 Å². The first-order chi connectivity index (χ1) is 10.7. The van der Waals surface area contributed by atoms with Crippen molar-refractivity contribution in [3.63, 3.8) is 0 Å². The Balaban J connectivity index is 2.07. The van der Waals surface area contributed by atoms with Gasteiger partial charge >= 0.3 is 0 Å². The predicted molar refractivity (Wildman–Crippen MR) is 84.9 cm³/mol. The number of hydrogen-bond acceptors (Lipinski definition) is 6. The molecule has 0 amide bonds. The van der Waals surface area contributed by atoms with E-state index in [4.69, 9.17) is 15.7 Å². The standard InChI is InChI=1S/C16H13N5O/c1-22-15-7-14-12(6-13(15)18)16(20-9-19-14)21-11-4-2-3-10(5-11)8-17/h2-7,9H,18H2,1H3,(H,19,20,21). The molecule has 0 unspecified atom stereocenters. The Hall–Kier alpha value is -3.33. The normalized spacial score (nSPS) is 10.2. The smallest absolute Gasteiger partial charge is 0.143 e. The van der Waals surface area contributed by atoms with Crippen LogP contribution in [0.25, 0.3) is 10.9 Å². The van der Waals surface area contributed by atoms with Crippen molar-refractivity contribution < 1.29 is 4.74 Å². The number of nitrogens with zero attached hydrogens (tertiary/aromatic N) is 3. The molecule has 6 heteroatoms. The summed E-state index contributed by atoms with van der Waals surface area (Å²) >= 11 is 0. The molecule has 0 aliphatic rings. The average Bonchev–Trinajstić information content (AvgIpc) is 2.55. The summed E-state index contributed by atoms with van der Waals surface area (Å²) in [6.07, 6.45) is 1.47. The maximum absolute atomic E-state index is 8.96. The van der Waals surface area contributed by atoms with Gasteiger partial charge in [-0.05, 0) is 24.3 Å². The first kappa shape index (κ1) is 13.6.